The first-order chi connectivity index (χ1) is 27.3. The van der Waals surface area contributed by atoms with Crippen molar-refractivity contribution in [3.05, 3.63) is 118 Å². The molecular formula is C50H50N4O4. The lowest BCUT2D eigenvalue weighted by Gasteiger charge is -2.22. The smallest absolute Gasteiger partial charge is 0.420 e. The van der Waals surface area contributed by atoms with Crippen molar-refractivity contribution in [1.29, 1.82) is 0 Å². The van der Waals surface area contributed by atoms with Gasteiger partial charge in [-0.25, -0.2) is 28.7 Å². The highest BCUT2D eigenvalue weighted by molar-refractivity contribution is 6.10. The fraction of sp³-hybridized carbons (Fsp3) is 0.280. The maximum Gasteiger partial charge on any atom is 0.420 e. The zero-order chi connectivity index (χ0) is 41.6. The number of rotatable bonds is 3. The molecule has 8 rings (SSSR count). The minimum Gasteiger partial charge on any atom is -0.443 e. The van der Waals surface area contributed by atoms with Crippen LogP contribution in [0.2, 0.25) is 0 Å². The van der Waals surface area contributed by atoms with Crippen LogP contribution in [0.1, 0.15) is 74.9 Å². The summed E-state index contributed by atoms with van der Waals surface area (Å²) in [6, 6.07) is 29.5. The van der Waals surface area contributed by atoms with E-state index in [0.29, 0.717) is 22.1 Å². The van der Waals surface area contributed by atoms with E-state index in [2.05, 4.69) is 100 Å². The number of hydrogen-bond donors (Lipinski definition) is 0. The molecule has 0 unspecified atom stereocenters. The maximum absolute atomic E-state index is 14.7. The van der Waals surface area contributed by atoms with Gasteiger partial charge in [-0.1, -0.05) is 71.8 Å². The second kappa shape index (κ2) is 13.7. The van der Waals surface area contributed by atoms with Gasteiger partial charge in [-0.3, -0.25) is 0 Å². The third-order valence-electron chi connectivity index (χ3n) is 10.5. The molecule has 58 heavy (non-hydrogen) atoms. The van der Waals surface area contributed by atoms with Crippen LogP contribution in [0.5, 0.6) is 0 Å². The van der Waals surface area contributed by atoms with Gasteiger partial charge in [0, 0.05) is 11.1 Å². The van der Waals surface area contributed by atoms with Crippen molar-refractivity contribution in [3.8, 4) is 33.9 Å². The van der Waals surface area contributed by atoms with Gasteiger partial charge in [-0.05, 0) is 162 Å². The predicted molar refractivity (Wildman–Crippen MR) is 236 cm³/mol. The molecule has 0 saturated carbocycles. The molecule has 8 heteroatoms. The van der Waals surface area contributed by atoms with E-state index < -0.39 is 23.4 Å². The fourth-order valence-corrected chi connectivity index (χ4v) is 8.10. The van der Waals surface area contributed by atoms with Crippen LogP contribution in [0.3, 0.4) is 0 Å². The monoisotopic (exact) mass is 770 g/mol. The SMILES string of the molecule is Cc1ccc2ccc(C)c(-c3cc(C)cc4c3nc(-c3nc5c(-c6c(C)ccc7ccc(C)cc67)cc(C)cc5n3C(=O)OC(C)(C)C)n4C(=O)OC(C)(C)C)c2c1. The van der Waals surface area contributed by atoms with E-state index in [4.69, 9.17) is 19.4 Å². The Kier molecular flexibility index (Phi) is 9.10. The molecule has 0 aliphatic rings. The molecular weight excluding hydrogens is 721 g/mol. The summed E-state index contributed by atoms with van der Waals surface area (Å²) >= 11 is 0. The van der Waals surface area contributed by atoms with Gasteiger partial charge >= 0.3 is 12.2 Å². The Bertz CT molecular complexity index is 2810. The summed E-state index contributed by atoms with van der Waals surface area (Å²) in [5, 5.41) is 4.37. The number of carbonyl (C=O) groups is 2. The van der Waals surface area contributed by atoms with E-state index in [1.54, 1.807) is 0 Å². The van der Waals surface area contributed by atoms with Crippen LogP contribution in [-0.4, -0.2) is 42.5 Å². The Labute approximate surface area is 339 Å². The van der Waals surface area contributed by atoms with Crippen molar-refractivity contribution in [2.45, 2.75) is 94.3 Å². The van der Waals surface area contributed by atoms with E-state index in [0.717, 1.165) is 77.2 Å². The van der Waals surface area contributed by atoms with Crippen LogP contribution >= 0.6 is 0 Å². The molecule has 0 spiro atoms. The lowest BCUT2D eigenvalue weighted by Crippen LogP contribution is -2.29. The van der Waals surface area contributed by atoms with Crippen LogP contribution in [0.25, 0.3) is 77.5 Å². The van der Waals surface area contributed by atoms with Crippen LogP contribution in [0.4, 0.5) is 9.59 Å². The number of imidazole rings is 2. The van der Waals surface area contributed by atoms with E-state index in [9.17, 15) is 9.59 Å². The van der Waals surface area contributed by atoms with E-state index in [-0.39, 0.29) is 11.6 Å². The van der Waals surface area contributed by atoms with Crippen LogP contribution < -0.4 is 0 Å². The molecule has 0 amide bonds. The molecule has 0 N–H and O–H groups in total. The van der Waals surface area contributed by atoms with E-state index in [1.807, 2.05) is 67.5 Å². The van der Waals surface area contributed by atoms with Gasteiger partial charge in [0.25, 0.3) is 0 Å². The molecule has 0 radical (unpaired) electrons. The van der Waals surface area contributed by atoms with Gasteiger partial charge in [-0.15, -0.1) is 0 Å². The molecule has 0 aliphatic heterocycles. The van der Waals surface area contributed by atoms with Gasteiger partial charge < -0.3 is 9.47 Å². The summed E-state index contributed by atoms with van der Waals surface area (Å²) in [6.45, 7) is 23.4. The maximum atomic E-state index is 14.7. The van der Waals surface area contributed by atoms with Crippen molar-refractivity contribution >= 4 is 55.8 Å². The molecule has 2 aromatic heterocycles. The Hall–Kier alpha value is -6.28. The van der Waals surface area contributed by atoms with Gasteiger partial charge in [0.2, 0.25) is 0 Å². The largest absolute Gasteiger partial charge is 0.443 e. The van der Waals surface area contributed by atoms with E-state index in [1.165, 1.54) is 9.13 Å². The van der Waals surface area contributed by atoms with Crippen molar-refractivity contribution in [2.24, 2.45) is 0 Å². The summed E-state index contributed by atoms with van der Waals surface area (Å²) in [7, 11) is 0. The molecule has 0 saturated heterocycles. The predicted octanol–water partition coefficient (Wildman–Crippen LogP) is 13.1. The standard InChI is InChI=1S/C50H50N4O4/c1-27-13-17-33-19-15-31(5)41(35(33)21-27)37-23-29(3)25-39-43(37)51-45(53(39)47(55)57-49(7,8)9)46-52-44-38(42-32(6)16-20-34-18-14-28(2)22-36(34)42)24-30(4)26-40(44)54(46)48(56)58-50(10,11)12/h13-26H,1-12H3. The number of benzene rings is 6. The summed E-state index contributed by atoms with van der Waals surface area (Å²) in [4.78, 5) is 40.0. The molecule has 294 valence electrons. The summed E-state index contributed by atoms with van der Waals surface area (Å²) in [6.07, 6.45) is -1.27. The van der Waals surface area contributed by atoms with Crippen molar-refractivity contribution in [3.63, 3.8) is 0 Å². The molecule has 2 heterocycles. The molecule has 8 nitrogen and oxygen atoms in total. The number of aromatic nitrogens is 4. The Morgan fingerprint density at radius 1 is 0.483 bits per heavy atom. The first kappa shape index (κ1) is 38.6. The summed E-state index contributed by atoms with van der Waals surface area (Å²) in [5.74, 6) is 0.336. The Morgan fingerprint density at radius 2 is 0.845 bits per heavy atom. The van der Waals surface area contributed by atoms with Crippen molar-refractivity contribution in [1.82, 2.24) is 19.1 Å². The van der Waals surface area contributed by atoms with Gasteiger partial charge in [0.15, 0.2) is 11.6 Å². The fourth-order valence-electron chi connectivity index (χ4n) is 8.10. The number of carbonyl (C=O) groups excluding carboxylic acids is 2. The minimum absolute atomic E-state index is 0.168. The van der Waals surface area contributed by atoms with Crippen LogP contribution in [-0.2, 0) is 9.47 Å². The molecule has 6 aromatic carbocycles. The van der Waals surface area contributed by atoms with Crippen LogP contribution in [0, 0.1) is 41.5 Å². The second-order valence-corrected chi connectivity index (χ2v) is 17.8. The second-order valence-electron chi connectivity index (χ2n) is 17.8. The molecule has 0 aliphatic carbocycles. The molecule has 0 fully saturated rings. The van der Waals surface area contributed by atoms with Crippen LogP contribution in [0.15, 0.2) is 84.9 Å². The first-order valence-corrected chi connectivity index (χ1v) is 19.8. The Balaban J connectivity index is 1.53. The normalized spacial score (nSPS) is 12.3. The quantitative estimate of drug-likeness (QED) is 0.178. The Morgan fingerprint density at radius 3 is 1.21 bits per heavy atom. The average molecular weight is 771 g/mol. The van der Waals surface area contributed by atoms with Gasteiger partial charge in [0.05, 0.1) is 22.1 Å². The summed E-state index contributed by atoms with van der Waals surface area (Å²) < 4.78 is 15.2. The molecule has 0 atom stereocenters. The van der Waals surface area contributed by atoms with Crippen molar-refractivity contribution in [2.75, 3.05) is 0 Å². The third kappa shape index (κ3) is 6.80. The highest BCUT2D eigenvalue weighted by Gasteiger charge is 2.33. The van der Waals surface area contributed by atoms with Crippen molar-refractivity contribution < 1.29 is 19.1 Å². The minimum atomic E-state index is -0.832. The van der Waals surface area contributed by atoms with E-state index >= 15 is 0 Å². The van der Waals surface area contributed by atoms with Gasteiger partial charge in [-0.2, -0.15) is 0 Å². The summed E-state index contributed by atoms with van der Waals surface area (Å²) in [5.41, 5.74) is 10.7. The lowest BCUT2D eigenvalue weighted by atomic mass is 9.91. The highest BCUT2D eigenvalue weighted by Crippen LogP contribution is 2.42. The average Bonchev–Trinajstić information content (AvgIpc) is 3.68. The molecule has 8 aromatic rings. The highest BCUT2D eigenvalue weighted by atomic mass is 16.6. The molecule has 0 bridgehead atoms. The number of hydrogen-bond acceptors (Lipinski definition) is 6. The topological polar surface area (TPSA) is 88.2 Å². The van der Waals surface area contributed by atoms with Gasteiger partial charge in [0.1, 0.15) is 11.2 Å². The number of fused-ring (bicyclic) bond motifs is 4. The zero-order valence-electron chi connectivity index (χ0n) is 35.5. The number of aryl methyl sites for hydroxylation is 6. The third-order valence-corrected chi connectivity index (χ3v) is 10.5. The first-order valence-electron chi connectivity index (χ1n) is 19.8. The zero-order valence-corrected chi connectivity index (χ0v) is 35.5. The number of nitrogens with zero attached hydrogens (tertiary/aromatic N) is 4. The lowest BCUT2D eigenvalue weighted by molar-refractivity contribution is 0.0526. The number of ether oxygens (including phenoxy) is 2.